The first kappa shape index (κ1) is 19.4. The quantitative estimate of drug-likeness (QED) is 0.732. The number of thioether (sulfide) groups is 1. The van der Waals surface area contributed by atoms with Crippen molar-refractivity contribution < 1.29 is 9.59 Å². The maximum Gasteiger partial charge on any atom is 0.233 e. The minimum atomic E-state index is -0.0852. The Kier molecular flexibility index (Phi) is 6.84. The molecule has 7 heteroatoms. The molecule has 2 rings (SSSR count). The van der Waals surface area contributed by atoms with Gasteiger partial charge < -0.3 is 9.80 Å². The third kappa shape index (κ3) is 4.38. The van der Waals surface area contributed by atoms with Crippen LogP contribution in [-0.4, -0.2) is 46.5 Å². The molecule has 4 nitrogen and oxygen atoms in total. The van der Waals surface area contributed by atoms with Gasteiger partial charge in [-0.05, 0) is 31.5 Å². The predicted octanol–water partition coefficient (Wildman–Crippen LogP) is 4.21. The van der Waals surface area contributed by atoms with Crippen LogP contribution in [0.25, 0.3) is 0 Å². The molecule has 132 valence electrons. The van der Waals surface area contributed by atoms with E-state index in [1.165, 1.54) is 0 Å². The van der Waals surface area contributed by atoms with E-state index in [9.17, 15) is 9.59 Å². The van der Waals surface area contributed by atoms with E-state index in [2.05, 4.69) is 0 Å². The molecule has 2 amide bonds. The number of carbonyl (C=O) groups is 2. The lowest BCUT2D eigenvalue weighted by Gasteiger charge is -2.31. The van der Waals surface area contributed by atoms with Crippen molar-refractivity contribution in [3.8, 4) is 0 Å². The topological polar surface area (TPSA) is 40.6 Å². The van der Waals surface area contributed by atoms with Crippen LogP contribution in [-0.2, 0) is 9.59 Å². The predicted molar refractivity (Wildman–Crippen MR) is 101 cm³/mol. The summed E-state index contributed by atoms with van der Waals surface area (Å²) in [7, 11) is 0. The van der Waals surface area contributed by atoms with Gasteiger partial charge in [-0.15, -0.1) is 11.8 Å². The number of amides is 2. The first-order valence-electron chi connectivity index (χ1n) is 8.00. The van der Waals surface area contributed by atoms with E-state index in [-0.39, 0.29) is 23.2 Å². The van der Waals surface area contributed by atoms with Crippen LogP contribution in [0.4, 0.5) is 0 Å². The highest BCUT2D eigenvalue weighted by Gasteiger charge is 2.33. The van der Waals surface area contributed by atoms with Crippen molar-refractivity contribution in [3.05, 3.63) is 33.8 Å². The fourth-order valence-corrected chi connectivity index (χ4v) is 4.24. The monoisotopic (exact) mass is 388 g/mol. The van der Waals surface area contributed by atoms with Crippen molar-refractivity contribution in [3.63, 3.8) is 0 Å². The number of carbonyl (C=O) groups excluding carboxylic acids is 2. The van der Waals surface area contributed by atoms with Crippen LogP contribution < -0.4 is 0 Å². The molecule has 1 heterocycles. The third-order valence-corrected chi connectivity index (χ3v) is 6.02. The largest absolute Gasteiger partial charge is 0.339 e. The van der Waals surface area contributed by atoms with E-state index in [4.69, 9.17) is 23.2 Å². The summed E-state index contributed by atoms with van der Waals surface area (Å²) in [4.78, 5) is 28.0. The van der Waals surface area contributed by atoms with Crippen LogP contribution in [0.2, 0.25) is 10.0 Å². The van der Waals surface area contributed by atoms with Gasteiger partial charge >= 0.3 is 0 Å². The van der Waals surface area contributed by atoms with Gasteiger partial charge in [-0.25, -0.2) is 0 Å². The minimum Gasteiger partial charge on any atom is -0.339 e. The Balaban J connectivity index is 2.12. The maximum absolute atomic E-state index is 12.3. The van der Waals surface area contributed by atoms with Crippen molar-refractivity contribution in [2.24, 2.45) is 0 Å². The number of hydrogen-bond donors (Lipinski definition) is 0. The first-order chi connectivity index (χ1) is 11.3. The Bertz CT molecular complexity index is 625. The molecule has 1 aliphatic heterocycles. The van der Waals surface area contributed by atoms with Gasteiger partial charge in [0.05, 0.1) is 15.8 Å². The van der Waals surface area contributed by atoms with E-state index < -0.39 is 0 Å². The highest BCUT2D eigenvalue weighted by molar-refractivity contribution is 8.00. The van der Waals surface area contributed by atoms with Crippen molar-refractivity contribution in [2.45, 2.75) is 38.6 Å². The SMILES string of the molecule is CCC(=O)N(CCN1C(=O)CS[C@@H]1c1ccc(Cl)c(Cl)c1)C(C)C. The summed E-state index contributed by atoms with van der Waals surface area (Å²) in [6.45, 7) is 6.89. The van der Waals surface area contributed by atoms with Gasteiger partial charge in [-0.3, -0.25) is 9.59 Å². The van der Waals surface area contributed by atoms with Gasteiger partial charge in [-0.2, -0.15) is 0 Å². The van der Waals surface area contributed by atoms with Crippen LogP contribution in [0, 0.1) is 0 Å². The summed E-state index contributed by atoms with van der Waals surface area (Å²) in [6.07, 6.45) is 0.469. The number of hydrogen-bond acceptors (Lipinski definition) is 3. The third-order valence-electron chi connectivity index (χ3n) is 4.02. The van der Waals surface area contributed by atoms with E-state index in [0.717, 1.165) is 5.56 Å². The molecule has 0 aromatic heterocycles. The van der Waals surface area contributed by atoms with Crippen LogP contribution in [0.15, 0.2) is 18.2 Å². The second kappa shape index (κ2) is 8.45. The van der Waals surface area contributed by atoms with E-state index >= 15 is 0 Å². The number of halogens is 2. The minimum absolute atomic E-state index is 0.0852. The molecule has 1 atom stereocenters. The maximum atomic E-state index is 12.3. The second-order valence-electron chi connectivity index (χ2n) is 5.96. The number of benzene rings is 1. The molecule has 0 saturated carbocycles. The van der Waals surface area contributed by atoms with Gasteiger partial charge in [0.2, 0.25) is 11.8 Å². The molecule has 0 aliphatic carbocycles. The Morgan fingerprint density at radius 1 is 1.38 bits per heavy atom. The second-order valence-corrected chi connectivity index (χ2v) is 7.84. The Labute approximate surface area is 157 Å². The number of nitrogens with zero attached hydrogens (tertiary/aromatic N) is 2. The standard InChI is InChI=1S/C17H22Cl2N2O2S/c1-4-15(22)20(11(2)3)7-8-21-16(23)10-24-17(21)12-5-6-13(18)14(19)9-12/h5-6,9,11,17H,4,7-8,10H2,1-3H3/t17-/m1/s1. The molecular weight excluding hydrogens is 367 g/mol. The Morgan fingerprint density at radius 2 is 2.08 bits per heavy atom. The molecule has 1 aromatic carbocycles. The highest BCUT2D eigenvalue weighted by atomic mass is 35.5. The molecule has 0 N–H and O–H groups in total. The zero-order valence-corrected chi connectivity index (χ0v) is 16.4. The highest BCUT2D eigenvalue weighted by Crippen LogP contribution is 2.40. The van der Waals surface area contributed by atoms with Gasteiger partial charge in [-0.1, -0.05) is 36.2 Å². The van der Waals surface area contributed by atoms with Crippen molar-refractivity contribution in [1.29, 1.82) is 0 Å². The lowest BCUT2D eigenvalue weighted by molar-refractivity contribution is -0.135. The van der Waals surface area contributed by atoms with Crippen molar-refractivity contribution in [1.82, 2.24) is 9.80 Å². The van der Waals surface area contributed by atoms with Gasteiger partial charge in [0.15, 0.2) is 0 Å². The smallest absolute Gasteiger partial charge is 0.233 e. The summed E-state index contributed by atoms with van der Waals surface area (Å²) in [5, 5.41) is 0.901. The van der Waals surface area contributed by atoms with E-state index in [1.807, 2.05) is 42.7 Å². The van der Waals surface area contributed by atoms with Crippen LogP contribution in [0.1, 0.15) is 38.1 Å². The zero-order valence-electron chi connectivity index (χ0n) is 14.1. The van der Waals surface area contributed by atoms with Crippen LogP contribution >= 0.6 is 35.0 Å². The van der Waals surface area contributed by atoms with Gasteiger partial charge in [0.1, 0.15) is 5.37 Å². The normalized spacial score (nSPS) is 17.7. The summed E-state index contributed by atoms with van der Waals surface area (Å²) in [5.74, 6) is 0.632. The molecule has 0 radical (unpaired) electrons. The lowest BCUT2D eigenvalue weighted by atomic mass is 10.2. The molecule has 1 aliphatic rings. The van der Waals surface area contributed by atoms with Gasteiger partial charge in [0.25, 0.3) is 0 Å². The molecule has 24 heavy (non-hydrogen) atoms. The average molecular weight is 389 g/mol. The van der Waals surface area contributed by atoms with Crippen LogP contribution in [0.5, 0.6) is 0 Å². The zero-order chi connectivity index (χ0) is 17.9. The van der Waals surface area contributed by atoms with E-state index in [0.29, 0.717) is 35.3 Å². The Morgan fingerprint density at radius 3 is 2.67 bits per heavy atom. The van der Waals surface area contributed by atoms with Crippen molar-refractivity contribution in [2.75, 3.05) is 18.8 Å². The fraction of sp³-hybridized carbons (Fsp3) is 0.529. The molecule has 1 aromatic rings. The first-order valence-corrected chi connectivity index (χ1v) is 9.81. The molecule has 1 saturated heterocycles. The molecular formula is C17H22Cl2N2O2S. The summed E-state index contributed by atoms with van der Waals surface area (Å²) in [6, 6.07) is 5.58. The fourth-order valence-electron chi connectivity index (χ4n) is 2.73. The van der Waals surface area contributed by atoms with E-state index in [1.54, 1.807) is 17.8 Å². The summed E-state index contributed by atoms with van der Waals surface area (Å²) >= 11 is 13.7. The number of rotatable bonds is 6. The van der Waals surface area contributed by atoms with Crippen molar-refractivity contribution >= 4 is 46.8 Å². The lowest BCUT2D eigenvalue weighted by Crippen LogP contribution is -2.43. The molecule has 0 unspecified atom stereocenters. The average Bonchev–Trinajstić information content (AvgIpc) is 2.90. The molecule has 1 fully saturated rings. The summed E-state index contributed by atoms with van der Waals surface area (Å²) < 4.78 is 0. The molecule has 0 bridgehead atoms. The van der Waals surface area contributed by atoms with Crippen LogP contribution in [0.3, 0.4) is 0 Å². The van der Waals surface area contributed by atoms with Gasteiger partial charge in [0, 0.05) is 25.6 Å². The summed E-state index contributed by atoms with van der Waals surface area (Å²) in [5.41, 5.74) is 0.957. The molecule has 0 spiro atoms. The Hall–Kier alpha value is -0.910.